The molecule has 102 valence electrons. The Labute approximate surface area is 124 Å². The molecule has 3 aromatic rings. The Hall–Kier alpha value is -1.92. The number of aryl methyl sites for hydroxylation is 1. The third-order valence-electron chi connectivity index (χ3n) is 2.85. The molecule has 0 saturated heterocycles. The lowest BCUT2D eigenvalue weighted by atomic mass is 10.1. The molecule has 1 aromatic carbocycles. The Morgan fingerprint density at radius 1 is 1.45 bits per heavy atom. The smallest absolute Gasteiger partial charge is 0.230 e. The average molecular weight is 307 g/mol. The van der Waals surface area contributed by atoms with Crippen LogP contribution in [0.5, 0.6) is 0 Å². The first kappa shape index (κ1) is 13.1. The van der Waals surface area contributed by atoms with E-state index in [1.165, 1.54) is 11.3 Å². The fourth-order valence-electron chi connectivity index (χ4n) is 1.99. The summed E-state index contributed by atoms with van der Waals surface area (Å²) in [6.45, 7) is 1.84. The SMILES string of the molecule is Cc1nnc(NC(=O)Cc2c[nH]c3cc(Cl)ccc23)s1. The maximum absolute atomic E-state index is 12.0. The van der Waals surface area contributed by atoms with E-state index < -0.39 is 0 Å². The van der Waals surface area contributed by atoms with Gasteiger partial charge in [-0.1, -0.05) is 29.0 Å². The largest absolute Gasteiger partial charge is 0.361 e. The van der Waals surface area contributed by atoms with Gasteiger partial charge in [-0.05, 0) is 24.6 Å². The Balaban J connectivity index is 1.77. The first-order valence-corrected chi connectivity index (χ1v) is 7.17. The molecule has 0 atom stereocenters. The van der Waals surface area contributed by atoms with Crippen molar-refractivity contribution in [2.75, 3.05) is 5.32 Å². The van der Waals surface area contributed by atoms with Gasteiger partial charge in [0.25, 0.3) is 0 Å². The van der Waals surface area contributed by atoms with E-state index in [0.29, 0.717) is 10.2 Å². The molecule has 3 rings (SSSR count). The fraction of sp³-hybridized carbons (Fsp3) is 0.154. The van der Waals surface area contributed by atoms with Crippen molar-refractivity contribution in [2.45, 2.75) is 13.3 Å². The minimum Gasteiger partial charge on any atom is -0.361 e. The number of amides is 1. The topological polar surface area (TPSA) is 70.7 Å². The molecule has 0 fully saturated rings. The molecule has 0 spiro atoms. The van der Waals surface area contributed by atoms with Crippen molar-refractivity contribution in [3.63, 3.8) is 0 Å². The molecule has 20 heavy (non-hydrogen) atoms. The maximum Gasteiger partial charge on any atom is 0.230 e. The molecule has 1 amide bonds. The number of nitrogens with one attached hydrogen (secondary N) is 2. The van der Waals surface area contributed by atoms with E-state index >= 15 is 0 Å². The van der Waals surface area contributed by atoms with Crippen molar-refractivity contribution >= 4 is 44.9 Å². The standard InChI is InChI=1S/C13H11ClN4OS/c1-7-17-18-13(20-7)16-12(19)4-8-6-15-11-5-9(14)2-3-10(8)11/h2-3,5-6,15H,4H2,1H3,(H,16,18,19). The molecular formula is C13H11ClN4OS. The number of halogens is 1. The van der Waals surface area contributed by atoms with Crippen molar-refractivity contribution in [1.29, 1.82) is 0 Å². The number of benzene rings is 1. The highest BCUT2D eigenvalue weighted by atomic mass is 35.5. The maximum atomic E-state index is 12.0. The van der Waals surface area contributed by atoms with E-state index in [1.807, 2.05) is 31.3 Å². The molecule has 0 aliphatic carbocycles. The van der Waals surface area contributed by atoms with Gasteiger partial charge in [0.2, 0.25) is 11.0 Å². The van der Waals surface area contributed by atoms with Crippen molar-refractivity contribution in [2.24, 2.45) is 0 Å². The molecule has 5 nitrogen and oxygen atoms in total. The molecule has 0 aliphatic rings. The lowest BCUT2D eigenvalue weighted by molar-refractivity contribution is -0.115. The molecular weight excluding hydrogens is 296 g/mol. The van der Waals surface area contributed by atoms with Gasteiger partial charge in [0.05, 0.1) is 6.42 Å². The van der Waals surface area contributed by atoms with Crippen LogP contribution in [0.4, 0.5) is 5.13 Å². The molecule has 0 radical (unpaired) electrons. The lowest BCUT2D eigenvalue weighted by Crippen LogP contribution is -2.14. The van der Waals surface area contributed by atoms with E-state index in [-0.39, 0.29) is 12.3 Å². The normalized spacial score (nSPS) is 10.9. The van der Waals surface area contributed by atoms with Crippen LogP contribution in [0.15, 0.2) is 24.4 Å². The average Bonchev–Trinajstić information content (AvgIpc) is 2.96. The number of aromatic nitrogens is 3. The second kappa shape index (κ2) is 5.22. The minimum absolute atomic E-state index is 0.114. The predicted octanol–water partition coefficient (Wildman–Crippen LogP) is 3.16. The van der Waals surface area contributed by atoms with Gasteiger partial charge in [0.1, 0.15) is 5.01 Å². The Kier molecular flexibility index (Phi) is 3.42. The number of hydrogen-bond acceptors (Lipinski definition) is 4. The number of fused-ring (bicyclic) bond motifs is 1. The van der Waals surface area contributed by atoms with Crippen LogP contribution in [0.25, 0.3) is 10.9 Å². The van der Waals surface area contributed by atoms with Crippen molar-refractivity contribution in [3.8, 4) is 0 Å². The number of hydrogen-bond donors (Lipinski definition) is 2. The number of aromatic amines is 1. The fourth-order valence-corrected chi connectivity index (χ4v) is 2.77. The molecule has 0 aliphatic heterocycles. The highest BCUT2D eigenvalue weighted by molar-refractivity contribution is 7.15. The molecule has 0 saturated carbocycles. The van der Waals surface area contributed by atoms with Crippen LogP contribution in [0, 0.1) is 6.92 Å². The summed E-state index contributed by atoms with van der Waals surface area (Å²) in [6, 6.07) is 5.56. The van der Waals surface area contributed by atoms with Gasteiger partial charge in [-0.3, -0.25) is 4.79 Å². The second-order valence-corrected chi connectivity index (χ2v) is 5.97. The summed E-state index contributed by atoms with van der Waals surface area (Å²) in [4.78, 5) is 15.1. The Morgan fingerprint density at radius 3 is 3.05 bits per heavy atom. The van der Waals surface area contributed by atoms with Gasteiger partial charge in [0, 0.05) is 22.1 Å². The third kappa shape index (κ3) is 2.66. The van der Waals surface area contributed by atoms with Crippen LogP contribution >= 0.6 is 22.9 Å². The summed E-state index contributed by atoms with van der Waals surface area (Å²) in [5.74, 6) is -0.114. The third-order valence-corrected chi connectivity index (χ3v) is 3.84. The van der Waals surface area contributed by atoms with Gasteiger partial charge >= 0.3 is 0 Å². The monoisotopic (exact) mass is 306 g/mol. The molecule has 2 N–H and O–H groups in total. The van der Waals surface area contributed by atoms with Crippen LogP contribution in [0.2, 0.25) is 5.02 Å². The van der Waals surface area contributed by atoms with Crippen LogP contribution in [0.1, 0.15) is 10.6 Å². The molecule has 7 heteroatoms. The number of rotatable bonds is 3. The summed E-state index contributed by atoms with van der Waals surface area (Å²) >= 11 is 7.29. The van der Waals surface area contributed by atoms with E-state index in [4.69, 9.17) is 11.6 Å². The van der Waals surface area contributed by atoms with E-state index in [0.717, 1.165) is 21.5 Å². The summed E-state index contributed by atoms with van der Waals surface area (Å²) in [7, 11) is 0. The highest BCUT2D eigenvalue weighted by Gasteiger charge is 2.11. The first-order valence-electron chi connectivity index (χ1n) is 5.97. The summed E-state index contributed by atoms with van der Waals surface area (Å²) in [5.41, 5.74) is 1.85. The number of anilines is 1. The van der Waals surface area contributed by atoms with Gasteiger partial charge in [0.15, 0.2) is 0 Å². The Bertz CT molecular complexity index is 780. The van der Waals surface area contributed by atoms with Crippen LogP contribution in [-0.2, 0) is 11.2 Å². The van der Waals surface area contributed by atoms with E-state index in [2.05, 4.69) is 20.5 Å². The Morgan fingerprint density at radius 2 is 2.30 bits per heavy atom. The highest BCUT2D eigenvalue weighted by Crippen LogP contribution is 2.23. The molecule has 2 aromatic heterocycles. The zero-order valence-corrected chi connectivity index (χ0v) is 12.2. The second-order valence-electron chi connectivity index (χ2n) is 4.36. The zero-order valence-electron chi connectivity index (χ0n) is 10.6. The molecule has 0 bridgehead atoms. The van der Waals surface area contributed by atoms with Crippen molar-refractivity contribution < 1.29 is 4.79 Å². The van der Waals surface area contributed by atoms with Crippen LogP contribution in [-0.4, -0.2) is 21.1 Å². The van der Waals surface area contributed by atoms with E-state index in [9.17, 15) is 4.79 Å². The lowest BCUT2D eigenvalue weighted by Gasteiger charge is -2.00. The molecule has 0 unspecified atom stereocenters. The van der Waals surface area contributed by atoms with E-state index in [1.54, 1.807) is 0 Å². The summed E-state index contributed by atoms with van der Waals surface area (Å²) in [6.07, 6.45) is 2.10. The first-order chi connectivity index (χ1) is 9.61. The summed E-state index contributed by atoms with van der Waals surface area (Å²) in [5, 5.41) is 13.5. The van der Waals surface area contributed by atoms with Crippen LogP contribution in [0.3, 0.4) is 0 Å². The minimum atomic E-state index is -0.114. The number of H-pyrrole nitrogens is 1. The van der Waals surface area contributed by atoms with Crippen molar-refractivity contribution in [1.82, 2.24) is 15.2 Å². The number of carbonyl (C=O) groups excluding carboxylic acids is 1. The predicted molar refractivity (Wildman–Crippen MR) is 80.3 cm³/mol. The zero-order chi connectivity index (χ0) is 14.1. The number of nitrogens with zero attached hydrogens (tertiary/aromatic N) is 2. The molecule has 2 heterocycles. The number of carbonyl (C=O) groups is 1. The van der Waals surface area contributed by atoms with Gasteiger partial charge < -0.3 is 10.3 Å². The van der Waals surface area contributed by atoms with Crippen molar-refractivity contribution in [3.05, 3.63) is 40.0 Å². The summed E-state index contributed by atoms with van der Waals surface area (Å²) < 4.78 is 0. The van der Waals surface area contributed by atoms with Crippen LogP contribution < -0.4 is 5.32 Å². The van der Waals surface area contributed by atoms with Gasteiger partial charge in [-0.25, -0.2) is 0 Å². The van der Waals surface area contributed by atoms with Gasteiger partial charge in [-0.2, -0.15) is 0 Å². The quantitative estimate of drug-likeness (QED) is 0.781. The van der Waals surface area contributed by atoms with Gasteiger partial charge in [-0.15, -0.1) is 10.2 Å².